The number of nitrogens with one attached hydrogen (secondary N) is 1. The van der Waals surface area contributed by atoms with Crippen LogP contribution in [-0.2, 0) is 11.4 Å². The van der Waals surface area contributed by atoms with Crippen molar-refractivity contribution in [3.05, 3.63) is 106 Å². The summed E-state index contributed by atoms with van der Waals surface area (Å²) >= 11 is 3.49. The molecule has 0 bridgehead atoms. The van der Waals surface area contributed by atoms with E-state index in [2.05, 4.69) is 40.3 Å². The molecular weight excluding hydrogens is 504 g/mol. The number of carbonyl (C=O) groups is 1. The smallest absolute Gasteiger partial charge is 0.277 e. The highest BCUT2D eigenvalue weighted by Gasteiger charge is 2.09. The summed E-state index contributed by atoms with van der Waals surface area (Å²) in [7, 11) is 0. The van der Waals surface area contributed by atoms with Gasteiger partial charge in [0.2, 0.25) is 0 Å². The van der Waals surface area contributed by atoms with Gasteiger partial charge in [-0.05, 0) is 58.1 Å². The van der Waals surface area contributed by atoms with E-state index in [9.17, 15) is 4.79 Å². The van der Waals surface area contributed by atoms with Crippen LogP contribution in [0.5, 0.6) is 11.5 Å². The van der Waals surface area contributed by atoms with Gasteiger partial charge in [0.1, 0.15) is 18.1 Å². The molecule has 0 spiro atoms. The fourth-order valence-electron chi connectivity index (χ4n) is 3.62. The second-order valence-electron chi connectivity index (χ2n) is 8.42. The summed E-state index contributed by atoms with van der Waals surface area (Å²) in [6.07, 6.45) is 1.62. The van der Waals surface area contributed by atoms with Crippen LogP contribution < -0.4 is 14.9 Å². The molecule has 0 aliphatic heterocycles. The number of hydrazone groups is 1. The molecule has 0 unspecified atom stereocenters. The highest BCUT2D eigenvalue weighted by molar-refractivity contribution is 9.10. The second kappa shape index (κ2) is 11.7. The third-order valence-electron chi connectivity index (χ3n) is 5.51. The van der Waals surface area contributed by atoms with Gasteiger partial charge in [0.15, 0.2) is 6.61 Å². The first-order chi connectivity index (χ1) is 17.0. The van der Waals surface area contributed by atoms with Crippen molar-refractivity contribution in [2.75, 3.05) is 6.61 Å². The van der Waals surface area contributed by atoms with Gasteiger partial charge in [-0.15, -0.1) is 0 Å². The lowest BCUT2D eigenvalue weighted by molar-refractivity contribution is -0.123. The lowest BCUT2D eigenvalue weighted by atomic mass is 10.0. The van der Waals surface area contributed by atoms with Crippen LogP contribution >= 0.6 is 15.9 Å². The van der Waals surface area contributed by atoms with Gasteiger partial charge in [-0.3, -0.25) is 4.79 Å². The molecule has 0 heterocycles. The Bertz CT molecular complexity index is 1330. The summed E-state index contributed by atoms with van der Waals surface area (Å²) in [5, 5.41) is 6.22. The summed E-state index contributed by atoms with van der Waals surface area (Å²) in [5.74, 6) is 1.43. The normalized spacial score (nSPS) is 11.2. The molecule has 0 fully saturated rings. The molecule has 0 saturated carbocycles. The van der Waals surface area contributed by atoms with Crippen LogP contribution in [0.3, 0.4) is 0 Å². The standard InChI is InChI=1S/C29H27BrN2O3/c1-20(2)22-10-13-25(14-11-22)34-19-29(33)32-31-17-27-26-9-4-3-7-23(26)12-15-28(27)35-18-21-6-5-8-24(30)16-21/h3-17,20H,18-19H2,1-2H3,(H,32,33)/b31-17-. The first-order valence-corrected chi connectivity index (χ1v) is 12.2. The number of nitrogens with zero attached hydrogens (tertiary/aromatic N) is 1. The van der Waals surface area contributed by atoms with Gasteiger partial charge in [0, 0.05) is 10.0 Å². The van der Waals surface area contributed by atoms with Crippen molar-refractivity contribution < 1.29 is 14.3 Å². The minimum atomic E-state index is -0.342. The number of ether oxygens (including phenoxy) is 2. The van der Waals surface area contributed by atoms with Crippen LogP contribution in [0.1, 0.15) is 36.5 Å². The van der Waals surface area contributed by atoms with E-state index in [1.807, 2.05) is 84.9 Å². The summed E-state index contributed by atoms with van der Waals surface area (Å²) in [6, 6.07) is 27.7. The molecule has 0 radical (unpaired) electrons. The molecule has 0 aliphatic carbocycles. The molecule has 0 aromatic heterocycles. The topological polar surface area (TPSA) is 59.9 Å². The van der Waals surface area contributed by atoms with E-state index in [0.717, 1.165) is 26.4 Å². The molecule has 35 heavy (non-hydrogen) atoms. The third-order valence-corrected chi connectivity index (χ3v) is 6.01. The number of benzene rings is 4. The van der Waals surface area contributed by atoms with Gasteiger partial charge in [-0.1, -0.05) is 84.4 Å². The predicted molar refractivity (Wildman–Crippen MR) is 144 cm³/mol. The van der Waals surface area contributed by atoms with E-state index < -0.39 is 0 Å². The number of rotatable bonds is 9. The predicted octanol–water partition coefficient (Wildman–Crippen LogP) is 6.83. The van der Waals surface area contributed by atoms with Crippen LogP contribution in [0.4, 0.5) is 0 Å². The van der Waals surface area contributed by atoms with Crippen LogP contribution in [0.25, 0.3) is 10.8 Å². The summed E-state index contributed by atoms with van der Waals surface area (Å²) in [5.41, 5.74) is 5.61. The van der Waals surface area contributed by atoms with Crippen LogP contribution in [0, 0.1) is 0 Å². The highest BCUT2D eigenvalue weighted by Crippen LogP contribution is 2.27. The molecule has 5 nitrogen and oxygen atoms in total. The van der Waals surface area contributed by atoms with E-state index in [1.165, 1.54) is 5.56 Å². The van der Waals surface area contributed by atoms with E-state index in [1.54, 1.807) is 6.21 Å². The number of amides is 1. The molecule has 178 valence electrons. The molecule has 0 saturated heterocycles. The zero-order chi connectivity index (χ0) is 24.6. The van der Waals surface area contributed by atoms with E-state index in [-0.39, 0.29) is 12.5 Å². The molecule has 0 aliphatic rings. The number of halogens is 1. The largest absolute Gasteiger partial charge is 0.488 e. The van der Waals surface area contributed by atoms with Crippen molar-refractivity contribution in [3.8, 4) is 11.5 Å². The Labute approximate surface area is 213 Å². The maximum Gasteiger partial charge on any atom is 0.277 e. The number of hydrogen-bond acceptors (Lipinski definition) is 4. The Morgan fingerprint density at radius 3 is 2.54 bits per heavy atom. The number of carbonyl (C=O) groups excluding carboxylic acids is 1. The average molecular weight is 531 g/mol. The maximum absolute atomic E-state index is 12.3. The van der Waals surface area contributed by atoms with Crippen LogP contribution in [-0.4, -0.2) is 18.7 Å². The molecule has 0 atom stereocenters. The molecule has 4 aromatic rings. The van der Waals surface area contributed by atoms with Crippen LogP contribution in [0.2, 0.25) is 0 Å². The Morgan fingerprint density at radius 1 is 0.971 bits per heavy atom. The average Bonchev–Trinajstić information content (AvgIpc) is 2.87. The lowest BCUT2D eigenvalue weighted by Gasteiger charge is -2.12. The van der Waals surface area contributed by atoms with Gasteiger partial charge in [0.25, 0.3) is 5.91 Å². The molecule has 4 aromatic carbocycles. The molecule has 6 heteroatoms. The maximum atomic E-state index is 12.3. The Hall–Kier alpha value is -3.64. The van der Waals surface area contributed by atoms with Gasteiger partial charge >= 0.3 is 0 Å². The molecule has 1 amide bonds. The van der Waals surface area contributed by atoms with Gasteiger partial charge < -0.3 is 9.47 Å². The Balaban J connectivity index is 1.43. The van der Waals surface area contributed by atoms with E-state index in [4.69, 9.17) is 9.47 Å². The summed E-state index contributed by atoms with van der Waals surface area (Å²) in [4.78, 5) is 12.3. The monoisotopic (exact) mass is 530 g/mol. The fourth-order valence-corrected chi connectivity index (χ4v) is 4.07. The second-order valence-corrected chi connectivity index (χ2v) is 9.34. The van der Waals surface area contributed by atoms with Crippen molar-refractivity contribution in [3.63, 3.8) is 0 Å². The number of fused-ring (bicyclic) bond motifs is 1. The zero-order valence-electron chi connectivity index (χ0n) is 19.7. The van der Waals surface area contributed by atoms with Crippen molar-refractivity contribution in [1.29, 1.82) is 0 Å². The van der Waals surface area contributed by atoms with Crippen molar-refractivity contribution in [2.45, 2.75) is 26.4 Å². The van der Waals surface area contributed by atoms with Crippen LogP contribution in [0.15, 0.2) is 94.5 Å². The van der Waals surface area contributed by atoms with Gasteiger partial charge in [0.05, 0.1) is 6.21 Å². The zero-order valence-corrected chi connectivity index (χ0v) is 21.3. The highest BCUT2D eigenvalue weighted by atomic mass is 79.9. The number of hydrogen-bond donors (Lipinski definition) is 1. The quantitative estimate of drug-likeness (QED) is 0.190. The van der Waals surface area contributed by atoms with Crippen molar-refractivity contribution >= 4 is 38.8 Å². The molecule has 4 rings (SSSR count). The molecular formula is C29H27BrN2O3. The first-order valence-electron chi connectivity index (χ1n) is 11.4. The van der Waals surface area contributed by atoms with Crippen molar-refractivity contribution in [1.82, 2.24) is 5.43 Å². The Kier molecular flexibility index (Phi) is 8.16. The lowest BCUT2D eigenvalue weighted by Crippen LogP contribution is -2.24. The van der Waals surface area contributed by atoms with Crippen molar-refractivity contribution in [2.24, 2.45) is 5.10 Å². The first kappa shape index (κ1) is 24.5. The van der Waals surface area contributed by atoms with Gasteiger partial charge in [-0.2, -0.15) is 5.10 Å². The SMILES string of the molecule is CC(C)c1ccc(OCC(=O)N/N=C\c2c(OCc3cccc(Br)c3)ccc3ccccc23)cc1. The minimum absolute atomic E-state index is 0.125. The third kappa shape index (κ3) is 6.70. The van der Waals surface area contributed by atoms with E-state index >= 15 is 0 Å². The van der Waals surface area contributed by atoms with Gasteiger partial charge in [-0.25, -0.2) is 5.43 Å². The summed E-state index contributed by atoms with van der Waals surface area (Å²) < 4.78 is 12.7. The minimum Gasteiger partial charge on any atom is -0.488 e. The summed E-state index contributed by atoms with van der Waals surface area (Å²) in [6.45, 7) is 4.55. The molecule has 1 N–H and O–H groups in total. The fraction of sp³-hybridized carbons (Fsp3) is 0.172. The Morgan fingerprint density at radius 2 is 1.77 bits per heavy atom. The van der Waals surface area contributed by atoms with E-state index in [0.29, 0.717) is 24.0 Å².